The van der Waals surface area contributed by atoms with Crippen LogP contribution in [0.2, 0.25) is 0 Å². The van der Waals surface area contributed by atoms with Crippen LogP contribution >= 0.6 is 0 Å². The molecule has 1 fully saturated rings. The van der Waals surface area contributed by atoms with E-state index in [2.05, 4.69) is 15.5 Å². The molecule has 3 rings (SSSR count). The van der Waals surface area contributed by atoms with Crippen molar-refractivity contribution in [2.45, 2.75) is 4.90 Å². The summed E-state index contributed by atoms with van der Waals surface area (Å²) in [5, 5.41) is 19.4. The Labute approximate surface area is 159 Å². The number of nitrogens with one attached hydrogen (secondary N) is 2. The highest BCUT2D eigenvalue weighted by Crippen LogP contribution is 2.28. The Balaban J connectivity index is 1.77. The number of hydrogen-bond donors (Lipinski definition) is 2. The average Bonchev–Trinajstić information content (AvgIpc) is 3.14. The maximum absolute atomic E-state index is 12.6. The molecule has 0 atom stereocenters. The van der Waals surface area contributed by atoms with Gasteiger partial charge in [-0.25, -0.2) is 8.42 Å². The van der Waals surface area contributed by atoms with Gasteiger partial charge in [0.2, 0.25) is 15.7 Å². The molecular formula is C15H17N5O7S. The standard InChI is InChI=1S/C15H17N5O7S/c1-26-15-13(20(22)23)12(17-18-15)14(21)16-10-2-4-11(5-3-10)28(24,25)19-6-8-27-9-7-19/h2-5H,6-9H2,1H3,(H,16,21)(H,17,18). The molecule has 1 saturated heterocycles. The predicted octanol–water partition coefficient (Wildman–Crippen LogP) is 0.600. The molecule has 0 bridgehead atoms. The van der Waals surface area contributed by atoms with Crippen LogP contribution in [0.25, 0.3) is 0 Å². The van der Waals surface area contributed by atoms with Gasteiger partial charge < -0.3 is 14.8 Å². The zero-order valence-corrected chi connectivity index (χ0v) is 15.6. The number of anilines is 1. The molecule has 1 amide bonds. The summed E-state index contributed by atoms with van der Waals surface area (Å²) in [6.07, 6.45) is 0. The molecule has 1 aliphatic rings. The third-order valence-corrected chi connectivity index (χ3v) is 5.94. The lowest BCUT2D eigenvalue weighted by Gasteiger charge is -2.26. The second-order valence-electron chi connectivity index (χ2n) is 5.71. The number of H-pyrrole nitrogens is 1. The number of ether oxygens (including phenoxy) is 2. The number of morpholine rings is 1. The van der Waals surface area contributed by atoms with Gasteiger partial charge in [0, 0.05) is 18.8 Å². The Morgan fingerprint density at radius 1 is 1.32 bits per heavy atom. The van der Waals surface area contributed by atoms with Gasteiger partial charge in [-0.15, -0.1) is 5.10 Å². The number of sulfonamides is 1. The first-order chi connectivity index (χ1) is 13.3. The summed E-state index contributed by atoms with van der Waals surface area (Å²) in [6.45, 7) is 1.21. The second-order valence-corrected chi connectivity index (χ2v) is 7.65. The van der Waals surface area contributed by atoms with E-state index in [4.69, 9.17) is 9.47 Å². The Morgan fingerprint density at radius 2 is 1.96 bits per heavy atom. The van der Waals surface area contributed by atoms with E-state index in [-0.39, 0.29) is 35.2 Å². The van der Waals surface area contributed by atoms with E-state index < -0.39 is 26.5 Å². The first-order valence-electron chi connectivity index (χ1n) is 8.10. The van der Waals surface area contributed by atoms with E-state index in [0.717, 1.165) is 0 Å². The van der Waals surface area contributed by atoms with Crippen LogP contribution < -0.4 is 10.1 Å². The number of aromatic nitrogens is 2. The Morgan fingerprint density at radius 3 is 2.54 bits per heavy atom. The quantitative estimate of drug-likeness (QED) is 0.517. The number of nitrogens with zero attached hydrogens (tertiary/aromatic N) is 3. The minimum atomic E-state index is -3.66. The fourth-order valence-electron chi connectivity index (χ4n) is 2.63. The largest absolute Gasteiger partial charge is 0.475 e. The third-order valence-electron chi connectivity index (χ3n) is 4.03. The van der Waals surface area contributed by atoms with Crippen molar-refractivity contribution in [1.82, 2.24) is 14.5 Å². The van der Waals surface area contributed by atoms with Gasteiger partial charge in [0.05, 0.1) is 30.1 Å². The molecule has 0 saturated carbocycles. The van der Waals surface area contributed by atoms with E-state index in [1.807, 2.05) is 0 Å². The topological polar surface area (TPSA) is 157 Å². The molecule has 150 valence electrons. The maximum Gasteiger partial charge on any atom is 0.362 e. The number of methoxy groups -OCH3 is 1. The number of aromatic amines is 1. The summed E-state index contributed by atoms with van der Waals surface area (Å²) < 4.78 is 36.4. The fraction of sp³-hybridized carbons (Fsp3) is 0.333. The highest BCUT2D eigenvalue weighted by atomic mass is 32.2. The molecule has 1 aromatic heterocycles. The predicted molar refractivity (Wildman–Crippen MR) is 95.8 cm³/mol. The molecule has 1 aliphatic heterocycles. The molecule has 28 heavy (non-hydrogen) atoms. The Kier molecular flexibility index (Phi) is 5.58. The molecule has 0 spiro atoms. The van der Waals surface area contributed by atoms with E-state index in [1.54, 1.807) is 0 Å². The van der Waals surface area contributed by atoms with Crippen LogP contribution in [0, 0.1) is 10.1 Å². The minimum absolute atomic E-state index is 0.0709. The van der Waals surface area contributed by atoms with Gasteiger partial charge >= 0.3 is 11.6 Å². The summed E-state index contributed by atoms with van der Waals surface area (Å²) in [4.78, 5) is 22.7. The van der Waals surface area contributed by atoms with E-state index >= 15 is 0 Å². The molecule has 2 heterocycles. The van der Waals surface area contributed by atoms with Crippen LogP contribution in [0.4, 0.5) is 11.4 Å². The van der Waals surface area contributed by atoms with Crippen LogP contribution in [-0.4, -0.2) is 67.2 Å². The number of benzene rings is 1. The van der Waals surface area contributed by atoms with Gasteiger partial charge in [-0.3, -0.25) is 20.0 Å². The SMILES string of the molecule is COc1n[nH]c(C(=O)Nc2ccc(S(=O)(=O)N3CCOCC3)cc2)c1[N+](=O)[O-]. The van der Waals surface area contributed by atoms with Crippen molar-refractivity contribution in [3.8, 4) is 5.88 Å². The lowest BCUT2D eigenvalue weighted by molar-refractivity contribution is -0.386. The summed E-state index contributed by atoms with van der Waals surface area (Å²) in [5.74, 6) is -1.13. The highest BCUT2D eigenvalue weighted by molar-refractivity contribution is 7.89. The first kappa shape index (κ1) is 19.7. The van der Waals surface area contributed by atoms with E-state index in [0.29, 0.717) is 13.2 Å². The van der Waals surface area contributed by atoms with Gasteiger partial charge in [0.25, 0.3) is 5.91 Å². The number of rotatable bonds is 6. The summed E-state index contributed by atoms with van der Waals surface area (Å²) in [5.41, 5.74) is -0.716. The first-order valence-corrected chi connectivity index (χ1v) is 9.54. The zero-order valence-electron chi connectivity index (χ0n) is 14.7. The molecule has 13 heteroatoms. The fourth-order valence-corrected chi connectivity index (χ4v) is 4.04. The number of carbonyl (C=O) groups is 1. The van der Waals surface area contributed by atoms with E-state index in [9.17, 15) is 23.3 Å². The lowest BCUT2D eigenvalue weighted by atomic mass is 10.3. The molecule has 2 N–H and O–H groups in total. The maximum atomic E-state index is 12.6. The van der Waals surface area contributed by atoms with Crippen molar-refractivity contribution in [3.63, 3.8) is 0 Å². The lowest BCUT2D eigenvalue weighted by Crippen LogP contribution is -2.40. The van der Waals surface area contributed by atoms with Gasteiger partial charge in [0.15, 0.2) is 0 Å². The van der Waals surface area contributed by atoms with Crippen molar-refractivity contribution in [2.75, 3.05) is 38.7 Å². The van der Waals surface area contributed by atoms with Gasteiger partial charge in [-0.05, 0) is 24.3 Å². The molecule has 0 aliphatic carbocycles. The van der Waals surface area contributed by atoms with Crippen LogP contribution in [0.3, 0.4) is 0 Å². The van der Waals surface area contributed by atoms with Crippen molar-refractivity contribution < 1.29 is 27.6 Å². The number of nitro groups is 1. The van der Waals surface area contributed by atoms with Crippen molar-refractivity contribution >= 4 is 27.3 Å². The number of hydrogen-bond acceptors (Lipinski definition) is 8. The Hall–Kier alpha value is -3.03. The molecule has 0 unspecified atom stereocenters. The van der Waals surface area contributed by atoms with Crippen molar-refractivity contribution in [2.24, 2.45) is 0 Å². The van der Waals surface area contributed by atoms with Gasteiger partial charge in [-0.2, -0.15) is 4.31 Å². The highest BCUT2D eigenvalue weighted by Gasteiger charge is 2.30. The van der Waals surface area contributed by atoms with Crippen LogP contribution in [0.15, 0.2) is 29.2 Å². The van der Waals surface area contributed by atoms with Crippen molar-refractivity contribution in [3.05, 3.63) is 40.1 Å². The molecular weight excluding hydrogens is 394 g/mol. The summed E-state index contributed by atoms with van der Waals surface area (Å²) >= 11 is 0. The van der Waals surface area contributed by atoms with Crippen LogP contribution in [-0.2, 0) is 14.8 Å². The van der Waals surface area contributed by atoms with Gasteiger partial charge in [0.1, 0.15) is 0 Å². The van der Waals surface area contributed by atoms with Crippen LogP contribution in [0.1, 0.15) is 10.5 Å². The molecule has 2 aromatic rings. The molecule has 12 nitrogen and oxygen atoms in total. The Bertz CT molecular complexity index is 981. The zero-order chi connectivity index (χ0) is 20.3. The molecule has 0 radical (unpaired) electrons. The summed E-state index contributed by atoms with van der Waals surface area (Å²) in [6, 6.07) is 5.49. The average molecular weight is 411 g/mol. The van der Waals surface area contributed by atoms with Crippen molar-refractivity contribution in [1.29, 1.82) is 0 Å². The third kappa shape index (κ3) is 3.81. The van der Waals surface area contributed by atoms with E-state index in [1.165, 1.54) is 35.7 Å². The minimum Gasteiger partial charge on any atom is -0.475 e. The summed E-state index contributed by atoms with van der Waals surface area (Å²) in [7, 11) is -2.47. The number of carbonyl (C=O) groups excluding carboxylic acids is 1. The normalized spacial score (nSPS) is 15.2. The monoisotopic (exact) mass is 411 g/mol. The van der Waals surface area contributed by atoms with Gasteiger partial charge in [-0.1, -0.05) is 0 Å². The second kappa shape index (κ2) is 7.92. The number of amides is 1. The smallest absolute Gasteiger partial charge is 0.362 e. The van der Waals surface area contributed by atoms with Crippen LogP contribution in [0.5, 0.6) is 5.88 Å². The molecule has 1 aromatic carbocycles.